The van der Waals surface area contributed by atoms with Gasteiger partial charge in [0, 0.05) is 50.5 Å². The summed E-state index contributed by atoms with van der Waals surface area (Å²) in [6, 6.07) is 10.5. The van der Waals surface area contributed by atoms with Crippen molar-refractivity contribution in [3.8, 4) is 0 Å². The number of benzene rings is 3. The Balaban J connectivity index is 1.67. The van der Waals surface area contributed by atoms with Crippen LogP contribution in [0.4, 0.5) is 0 Å². The number of aliphatic hydroxyl groups is 1. The first-order chi connectivity index (χ1) is 49.4. The van der Waals surface area contributed by atoms with Crippen molar-refractivity contribution < 1.29 is 62.6 Å². The van der Waals surface area contributed by atoms with Crippen molar-refractivity contribution in [3.05, 3.63) is 126 Å². The van der Waals surface area contributed by atoms with E-state index in [9.17, 15) is 53.1 Å². The molecule has 0 unspecified atom stereocenters. The third kappa shape index (κ3) is 31.1. The Labute approximate surface area is 607 Å². The maximum absolute atomic E-state index is 15.1. The number of unbranched alkanes of at least 4 members (excludes halogenated alkanes) is 1. The molecule has 104 heavy (non-hydrogen) atoms. The molecule has 0 saturated heterocycles. The van der Waals surface area contributed by atoms with Crippen LogP contribution < -0.4 is 87.6 Å². The number of nitrogens with two attached hydrogens (primary N) is 6. The Kier molecular flexibility index (Phi) is 37.2. The molecule has 0 radical (unpaired) electrons. The van der Waals surface area contributed by atoms with Gasteiger partial charge in [-0.05, 0) is 99.3 Å². The highest BCUT2D eigenvalue weighted by atomic mass is 16.3. The van der Waals surface area contributed by atoms with E-state index < -0.39 is 156 Å². The molecule has 24 N–H and O–H groups in total. The molecule has 0 spiro atoms. The minimum atomic E-state index is -1.64. The zero-order chi connectivity index (χ0) is 77.0. The topological polar surface area (TPSA) is 543 Å². The van der Waals surface area contributed by atoms with Gasteiger partial charge < -0.3 is 97.7 Å². The Bertz CT molecular complexity index is 3430. The van der Waals surface area contributed by atoms with Crippen LogP contribution in [0.3, 0.4) is 0 Å². The molecule has 0 aliphatic rings. The summed E-state index contributed by atoms with van der Waals surface area (Å²) in [5.41, 5.74) is 36.4. The Morgan fingerprint density at radius 3 is 1.24 bits per heavy atom. The molecule has 570 valence electrons. The van der Waals surface area contributed by atoms with Crippen LogP contribution >= 0.6 is 0 Å². The molecule has 12 amide bonds. The van der Waals surface area contributed by atoms with E-state index in [1.807, 2.05) is 6.92 Å². The van der Waals surface area contributed by atoms with Gasteiger partial charge in [-0.3, -0.25) is 62.5 Å². The number of aliphatic imine (C=N–C) groups is 1. The molecule has 32 nitrogen and oxygen atoms in total. The fourth-order valence-corrected chi connectivity index (χ4v) is 11.1. The number of carbonyl (C=O) groups excluding carboxylic acids is 12. The van der Waals surface area contributed by atoms with Crippen LogP contribution in [-0.4, -0.2) is 178 Å². The maximum Gasteiger partial charge on any atom is 0.245 e. The summed E-state index contributed by atoms with van der Waals surface area (Å²) in [6.07, 6.45) is 1.49. The summed E-state index contributed by atoms with van der Waals surface area (Å²) in [6.45, 7) is 12.4. The van der Waals surface area contributed by atoms with Crippen molar-refractivity contribution in [1.29, 1.82) is 0 Å². The molecule has 0 bridgehead atoms. The molecule has 32 heteroatoms. The number of amides is 12. The van der Waals surface area contributed by atoms with Gasteiger partial charge in [0.25, 0.3) is 0 Å². The van der Waals surface area contributed by atoms with Gasteiger partial charge in [-0.1, -0.05) is 139 Å². The fourth-order valence-electron chi connectivity index (χ4n) is 11.1. The summed E-state index contributed by atoms with van der Waals surface area (Å²) < 4.78 is 0. The summed E-state index contributed by atoms with van der Waals surface area (Å²) in [7, 11) is 0. The Morgan fingerprint density at radius 2 is 0.837 bits per heavy atom. The highest BCUT2D eigenvalue weighted by molar-refractivity contribution is 5.99. The smallest absolute Gasteiger partial charge is 0.245 e. The van der Waals surface area contributed by atoms with Crippen molar-refractivity contribution in [3.63, 3.8) is 0 Å². The number of primary amides is 2. The van der Waals surface area contributed by atoms with Gasteiger partial charge in [-0.25, -0.2) is 4.98 Å². The number of imidazole rings is 1. The number of nitrogens with one attached hydrogen (secondary N) is 11. The monoisotopic (exact) mass is 1450 g/mol. The number of aliphatic hydroxyl groups excluding tert-OH is 1. The highest BCUT2D eigenvalue weighted by Crippen LogP contribution is 2.16. The van der Waals surface area contributed by atoms with Crippen molar-refractivity contribution in [2.75, 3.05) is 13.1 Å². The van der Waals surface area contributed by atoms with Gasteiger partial charge in [-0.2, -0.15) is 0 Å². The largest absolute Gasteiger partial charge is 0.391 e. The van der Waals surface area contributed by atoms with Gasteiger partial charge in [0.05, 0.1) is 18.5 Å². The molecule has 0 aliphatic carbocycles. The third-order valence-electron chi connectivity index (χ3n) is 17.2. The van der Waals surface area contributed by atoms with E-state index in [0.29, 0.717) is 48.2 Å². The minimum Gasteiger partial charge on any atom is -0.391 e. The van der Waals surface area contributed by atoms with Crippen molar-refractivity contribution in [2.24, 2.45) is 57.1 Å². The lowest BCUT2D eigenvalue weighted by Crippen LogP contribution is -2.62. The molecule has 1 aromatic heterocycles. The molecular formula is C72H109N19O13. The first-order valence-corrected chi connectivity index (χ1v) is 35.3. The first kappa shape index (κ1) is 86.1. The fraction of sp³-hybridized carbons (Fsp3) is 0.528. The SMILES string of the molecule is CC[C@H](C)[C@H](N)C(=O)N[C@@H](CCCCN)C(=O)N[C@H](C(=O)N[C@@H](CC(C)C)C(=O)N[C@@H](CC(C)C)C(=O)N[C@@H](Cc1cnc[nH]1)C(=O)N[C@@H](Cc1ccccc1)C(=O)N[C@@H](Cc1ccccc1)C(=O)N[C@@H](CCC(N)=O)C(=O)N[C@@H](CCCN=C(N)N)C(=O)N[C@@H](Cc1ccccc1)C(N)=O)[C@@H](C)O. The lowest BCUT2D eigenvalue weighted by Gasteiger charge is -2.29. The minimum absolute atomic E-state index is 0.000752. The average Bonchev–Trinajstić information content (AvgIpc) is 0.904. The lowest BCUT2D eigenvalue weighted by molar-refractivity contribution is -0.137. The van der Waals surface area contributed by atoms with Crippen LogP contribution in [0.1, 0.15) is 135 Å². The van der Waals surface area contributed by atoms with E-state index in [1.54, 1.807) is 126 Å². The molecule has 4 rings (SSSR count). The molecule has 13 atom stereocenters. The number of aromatic amines is 1. The molecule has 3 aromatic carbocycles. The van der Waals surface area contributed by atoms with Crippen LogP contribution in [0.2, 0.25) is 0 Å². The van der Waals surface area contributed by atoms with Crippen LogP contribution in [0.5, 0.6) is 0 Å². The second-order valence-corrected chi connectivity index (χ2v) is 26.9. The number of hydrogen-bond donors (Lipinski definition) is 18. The summed E-state index contributed by atoms with van der Waals surface area (Å²) in [4.78, 5) is 180. The van der Waals surface area contributed by atoms with Crippen molar-refractivity contribution >= 4 is 76.8 Å². The van der Waals surface area contributed by atoms with Crippen LogP contribution in [-0.2, 0) is 83.2 Å². The zero-order valence-corrected chi connectivity index (χ0v) is 60.5. The van der Waals surface area contributed by atoms with E-state index in [4.69, 9.17) is 34.4 Å². The average molecular weight is 1450 g/mol. The highest BCUT2D eigenvalue weighted by Gasteiger charge is 2.38. The standard InChI is InChI=1S/C72H109N19O13/c1-8-43(6)59(75)70(103)84-49(27-18-19-31-73)64(97)91-60(44(7)92)71(104)90-54(34-42(4)5)66(99)86-53(33-41(2)3)65(98)89-57(38-48-39-79-40-81-48)69(102)88-56(37-47-25-16-11-17-26-47)68(101)87-55(36-46-23-14-10-15-24-46)67(100)83-51(29-30-58(74)93)63(96)82-50(28-20-32-80-72(77)78)62(95)85-52(61(76)94)35-45-21-12-9-13-22-45/h9-17,21-26,39-44,49-57,59-60,92H,8,18-20,27-38,73,75H2,1-7H3,(H2,74,93)(H2,76,94)(H,79,81)(H,82,96)(H,83,100)(H,84,103)(H,85,95)(H,86,99)(H,87,101)(H,88,102)(H,89,98)(H,90,104)(H,91,97)(H4,77,78,80)/t43-,44+,49-,50-,51-,52-,53-,54-,55-,56-,57-,59-,60-/m0/s1. The van der Waals surface area contributed by atoms with Gasteiger partial charge in [0.1, 0.15) is 60.4 Å². The zero-order valence-electron chi connectivity index (χ0n) is 60.5. The first-order valence-electron chi connectivity index (χ1n) is 35.3. The lowest BCUT2D eigenvalue weighted by atomic mass is 9.98. The number of guanidine groups is 1. The van der Waals surface area contributed by atoms with Crippen molar-refractivity contribution in [2.45, 2.75) is 211 Å². The maximum atomic E-state index is 15.1. The van der Waals surface area contributed by atoms with Crippen molar-refractivity contribution in [1.82, 2.24) is 63.1 Å². The van der Waals surface area contributed by atoms with E-state index in [2.05, 4.69) is 68.1 Å². The molecule has 0 saturated carbocycles. The number of nitrogens with zero attached hydrogens (tertiary/aromatic N) is 2. The Hall–Kier alpha value is -10.3. The van der Waals surface area contributed by atoms with Gasteiger partial charge in [-0.15, -0.1) is 0 Å². The summed E-state index contributed by atoms with van der Waals surface area (Å²) in [5.74, 6) is -11.2. The number of aromatic nitrogens is 2. The van der Waals surface area contributed by atoms with E-state index in [1.165, 1.54) is 19.4 Å². The van der Waals surface area contributed by atoms with Crippen LogP contribution in [0.15, 0.2) is 109 Å². The summed E-state index contributed by atoms with van der Waals surface area (Å²) >= 11 is 0. The second kappa shape index (κ2) is 44.9. The number of hydrogen-bond acceptors (Lipinski definition) is 17. The number of rotatable bonds is 47. The molecule has 4 aromatic rings. The van der Waals surface area contributed by atoms with Crippen LogP contribution in [0.25, 0.3) is 0 Å². The predicted molar refractivity (Wildman–Crippen MR) is 390 cm³/mol. The normalized spacial score (nSPS) is 15.0. The molecule has 1 heterocycles. The van der Waals surface area contributed by atoms with E-state index in [0.717, 1.165) is 0 Å². The molecular weight excluding hydrogens is 1340 g/mol. The number of H-pyrrole nitrogens is 1. The molecule has 0 fully saturated rings. The van der Waals surface area contributed by atoms with Gasteiger partial charge in [0.2, 0.25) is 70.9 Å². The van der Waals surface area contributed by atoms with Gasteiger partial charge in [0.15, 0.2) is 5.96 Å². The van der Waals surface area contributed by atoms with E-state index in [-0.39, 0.29) is 88.0 Å². The quantitative estimate of drug-likeness (QED) is 0.0133. The van der Waals surface area contributed by atoms with Gasteiger partial charge >= 0.3 is 0 Å². The molecule has 0 aliphatic heterocycles. The van der Waals surface area contributed by atoms with E-state index >= 15 is 9.59 Å². The summed E-state index contributed by atoms with van der Waals surface area (Å²) in [5, 5.41) is 37.8. The Morgan fingerprint density at radius 1 is 0.462 bits per heavy atom. The third-order valence-corrected chi connectivity index (χ3v) is 17.2. The second-order valence-electron chi connectivity index (χ2n) is 26.9. The number of carbonyl (C=O) groups is 12. The predicted octanol–water partition coefficient (Wildman–Crippen LogP) is -1.69. The van der Waals surface area contributed by atoms with Crippen LogP contribution in [0, 0.1) is 17.8 Å².